The first kappa shape index (κ1) is 95.5. The molecular formula is C96H77Cl2F2N27O11. The number of hydrogen-bond donors (Lipinski definition) is 9. The first-order valence-corrected chi connectivity index (χ1v) is 42.2. The fraction of sp³-hybridized carbons (Fsp3) is 0.0833. The van der Waals surface area contributed by atoms with Gasteiger partial charge in [0, 0.05) is 118 Å². The van der Waals surface area contributed by atoms with Gasteiger partial charge in [0.2, 0.25) is 71.0 Å². The number of aromatic nitrogens is 21. The quantitative estimate of drug-likeness (QED) is 0.0243. The second-order valence-corrected chi connectivity index (χ2v) is 29.7. The van der Waals surface area contributed by atoms with E-state index >= 15 is 0 Å². The predicted molar refractivity (Wildman–Crippen MR) is 505 cm³/mol. The monoisotopic (exact) mass is 1890 g/mol. The van der Waals surface area contributed by atoms with Crippen molar-refractivity contribution in [3.63, 3.8) is 0 Å². The molecule has 12 heterocycles. The lowest BCUT2D eigenvalue weighted by atomic mass is 10.0. The molecule has 0 atom stereocenters. The molecule has 0 aliphatic heterocycles. The standard InChI is InChI=1S/C19H15N5O.C17H16N4O4.C15H11ClFN5O.C15H11ClN4O2.C15H12FN5O.C15H12N4O2/c25-17(12-15-6-3-5-13-4-1-2-7-16(13)15)21-19-22-18(23-24-19)14-8-10-20-11-9-14;1-23-13-3-4-14(24-2)12(9-13)10-15(22)19-17-21-20-16(25-17)11-5-7-18-8-6-11;16-11-7-9(1-2-12(11)17)8-13(23)19-15-20-14(21-22-15)10-3-5-18-6-4-10;16-12-3-1-10(2-4-12)9-13(21)18-15-20-19-14(22-15)11-5-7-17-8-6-11;16-12-3-1-10(2-4-12)9-13(22)18-15-19-14(20-21-15)11-5-7-17-8-6-11;20-13(10-11-4-2-1-3-5-11)17-15-19-18-14(21-15)12-6-8-16-9-7-12/h1-11H,12H2,(H2,21,22,23,24,25);3-9H,10H2,1-2H3,(H,19,21,22);1-7H,8H2,(H2,19,20,21,22,23);1-8H,9H2,(H,18,20,21);1-8H,9H2,(H2,18,19,20,21,22);1-9H,10H2,(H,17,19,20). The van der Waals surface area contributed by atoms with E-state index in [0.29, 0.717) is 68.4 Å². The van der Waals surface area contributed by atoms with Crippen LogP contribution < -0.4 is 41.4 Å². The number of ether oxygens (including phenoxy) is 2. The van der Waals surface area contributed by atoms with E-state index in [1.807, 2.05) is 84.9 Å². The molecule has 0 fully saturated rings. The molecule has 6 amide bonds. The highest BCUT2D eigenvalue weighted by atomic mass is 35.5. The van der Waals surface area contributed by atoms with Crippen LogP contribution in [-0.2, 0) is 67.3 Å². The molecule has 138 heavy (non-hydrogen) atoms. The molecule has 9 N–H and O–H groups in total. The zero-order valence-electron chi connectivity index (χ0n) is 72.7. The van der Waals surface area contributed by atoms with Gasteiger partial charge in [0.15, 0.2) is 17.5 Å². The zero-order valence-corrected chi connectivity index (χ0v) is 74.2. The number of fused-ring (bicyclic) bond motifs is 1. The first-order chi connectivity index (χ1) is 67.3. The van der Waals surface area contributed by atoms with E-state index in [9.17, 15) is 37.5 Å². The summed E-state index contributed by atoms with van der Waals surface area (Å²) >= 11 is 11.5. The predicted octanol–water partition coefficient (Wildman–Crippen LogP) is 15.8. The minimum absolute atomic E-state index is 0.0202. The second-order valence-electron chi connectivity index (χ2n) is 28.8. The van der Waals surface area contributed by atoms with E-state index in [1.165, 1.54) is 30.3 Å². The van der Waals surface area contributed by atoms with Crippen molar-refractivity contribution < 1.29 is 60.3 Å². The molecule has 0 radical (unpaired) electrons. The number of amides is 6. The molecule has 19 aromatic rings. The summed E-state index contributed by atoms with van der Waals surface area (Å²) in [7, 11) is 3.10. The van der Waals surface area contributed by atoms with Crippen LogP contribution in [-0.4, -0.2) is 156 Å². The largest absolute Gasteiger partial charge is 0.497 e. The minimum atomic E-state index is -0.521. The van der Waals surface area contributed by atoms with Crippen molar-refractivity contribution in [2.24, 2.45) is 0 Å². The van der Waals surface area contributed by atoms with Crippen molar-refractivity contribution in [1.29, 1.82) is 0 Å². The number of halogens is 4. The molecule has 0 spiro atoms. The second kappa shape index (κ2) is 48.5. The van der Waals surface area contributed by atoms with Crippen molar-refractivity contribution in [1.82, 2.24) is 106 Å². The van der Waals surface area contributed by atoms with Gasteiger partial charge in [-0.05, 0) is 166 Å². The van der Waals surface area contributed by atoms with Gasteiger partial charge in [0.25, 0.3) is 0 Å². The number of H-pyrrole nitrogens is 3. The van der Waals surface area contributed by atoms with Gasteiger partial charge < -0.3 is 22.7 Å². The van der Waals surface area contributed by atoms with E-state index in [1.54, 1.807) is 204 Å². The summed E-state index contributed by atoms with van der Waals surface area (Å²) in [4.78, 5) is 109. The Kier molecular flexibility index (Phi) is 33.6. The van der Waals surface area contributed by atoms with Crippen molar-refractivity contribution in [3.05, 3.63) is 360 Å². The number of rotatable bonds is 26. The van der Waals surface area contributed by atoms with E-state index in [-0.39, 0.29) is 121 Å². The summed E-state index contributed by atoms with van der Waals surface area (Å²) < 4.78 is 52.6. The van der Waals surface area contributed by atoms with Gasteiger partial charge >= 0.3 is 18.0 Å². The summed E-state index contributed by atoms with van der Waals surface area (Å²) in [6.07, 6.45) is 20.6. The van der Waals surface area contributed by atoms with Crippen LogP contribution in [0.15, 0.2) is 318 Å². The smallest absolute Gasteiger partial charge is 0.322 e. The average Bonchev–Trinajstić information content (AvgIpc) is 1.70. The van der Waals surface area contributed by atoms with Gasteiger partial charge in [0.05, 0.1) is 57.8 Å². The van der Waals surface area contributed by atoms with Crippen LogP contribution in [0.3, 0.4) is 0 Å². The van der Waals surface area contributed by atoms with Crippen LogP contribution in [0.5, 0.6) is 11.5 Å². The van der Waals surface area contributed by atoms with E-state index in [2.05, 4.69) is 138 Å². The summed E-state index contributed by atoms with van der Waals surface area (Å²) in [6, 6.07) is 67.0. The maximum absolute atomic E-state index is 13.1. The number of hydrogen-bond acceptors (Lipinski definition) is 29. The fourth-order valence-corrected chi connectivity index (χ4v) is 12.9. The summed E-state index contributed by atoms with van der Waals surface area (Å²) in [5, 5.41) is 61.7. The number of carbonyl (C=O) groups is 6. The summed E-state index contributed by atoms with van der Waals surface area (Å²) in [6.45, 7) is 0. The number of nitrogens with one attached hydrogen (secondary N) is 9. The molecule has 42 heteroatoms. The Hall–Kier alpha value is -18.6. The number of anilines is 6. The third-order valence-electron chi connectivity index (χ3n) is 19.0. The molecule has 19 rings (SSSR count). The molecule has 690 valence electrons. The summed E-state index contributed by atoms with van der Waals surface area (Å²) in [5.41, 5.74) is 9.42. The highest BCUT2D eigenvalue weighted by Crippen LogP contribution is 2.29. The van der Waals surface area contributed by atoms with Crippen molar-refractivity contribution in [3.8, 4) is 80.0 Å². The van der Waals surface area contributed by atoms with Crippen molar-refractivity contribution in [2.75, 3.05) is 46.1 Å². The van der Waals surface area contributed by atoms with Crippen molar-refractivity contribution >= 4 is 105 Å². The minimum Gasteiger partial charge on any atom is -0.497 e. The third kappa shape index (κ3) is 29.0. The average molecular weight is 1890 g/mol. The normalized spacial score (nSPS) is 10.4. The van der Waals surface area contributed by atoms with Gasteiger partial charge in [-0.3, -0.25) is 106 Å². The third-order valence-corrected chi connectivity index (χ3v) is 19.6. The zero-order chi connectivity index (χ0) is 96.2. The number of methoxy groups -OCH3 is 2. The Balaban J connectivity index is 0.000000132. The fourth-order valence-electron chi connectivity index (χ4n) is 12.5. The molecule has 38 nitrogen and oxygen atoms in total. The first-order valence-electron chi connectivity index (χ1n) is 41.5. The van der Waals surface area contributed by atoms with Crippen LogP contribution in [0.1, 0.15) is 33.4 Å². The topological polar surface area (TPSA) is 512 Å². The Bertz CT molecular complexity index is 7070. The molecule has 0 saturated carbocycles. The number of pyridine rings is 6. The van der Waals surface area contributed by atoms with Gasteiger partial charge in [-0.2, -0.15) is 15.0 Å². The lowest BCUT2D eigenvalue weighted by Crippen LogP contribution is -2.15. The van der Waals surface area contributed by atoms with Crippen LogP contribution >= 0.6 is 23.2 Å². The Labute approximate surface area is 791 Å². The molecule has 0 aliphatic carbocycles. The Morgan fingerprint density at radius 1 is 0.333 bits per heavy atom. The number of benzene rings is 7. The van der Waals surface area contributed by atoms with Gasteiger partial charge in [0.1, 0.15) is 23.1 Å². The molecule has 12 aromatic heterocycles. The maximum atomic E-state index is 13.1. The SMILES string of the molecule is COc1ccc(OC)c(CC(=O)Nc2nnc(-c3ccncc3)o2)c1.O=C(Cc1ccc(Cl)cc1)Nc1nnc(-c2ccncc2)o1.O=C(Cc1ccc(F)c(Cl)c1)Nc1n[nH]c(-c2ccncc2)n1.O=C(Cc1ccc(F)cc1)Nc1n[nH]c(-c2ccncc2)n1.O=C(Cc1cccc2ccccc12)Nc1n[nH]c(-c2ccncc2)n1.O=C(Cc1ccccc1)Nc1nnc(-c2ccncc2)o1. The Morgan fingerprint density at radius 2 is 0.688 bits per heavy atom. The highest BCUT2D eigenvalue weighted by Gasteiger charge is 2.20. The maximum Gasteiger partial charge on any atom is 0.322 e. The van der Waals surface area contributed by atoms with E-state index in [4.69, 9.17) is 45.9 Å². The van der Waals surface area contributed by atoms with Crippen molar-refractivity contribution in [2.45, 2.75) is 38.5 Å². The molecule has 0 bridgehead atoms. The van der Waals surface area contributed by atoms with Crippen LogP contribution in [0.2, 0.25) is 10.0 Å². The lowest BCUT2D eigenvalue weighted by molar-refractivity contribution is -0.116. The Morgan fingerprint density at radius 3 is 1.11 bits per heavy atom. The molecule has 0 aliphatic rings. The van der Waals surface area contributed by atoms with Gasteiger partial charge in [-0.25, -0.2) is 8.78 Å². The number of aromatic amines is 3. The highest BCUT2D eigenvalue weighted by molar-refractivity contribution is 6.31. The van der Waals surface area contributed by atoms with E-state index in [0.717, 1.165) is 60.8 Å². The molecule has 0 saturated heterocycles. The van der Waals surface area contributed by atoms with E-state index < -0.39 is 5.82 Å². The molecular weight excluding hydrogens is 1820 g/mol. The summed E-state index contributed by atoms with van der Waals surface area (Å²) in [5.74, 6) is 2.10. The van der Waals surface area contributed by atoms with Crippen LogP contribution in [0.4, 0.5) is 44.7 Å². The molecule has 0 unspecified atom stereocenters. The van der Waals surface area contributed by atoms with Crippen LogP contribution in [0, 0.1) is 11.6 Å². The van der Waals surface area contributed by atoms with Crippen LogP contribution in [0.25, 0.3) is 79.3 Å². The molecule has 7 aromatic carbocycles. The number of carbonyl (C=O) groups excluding carboxylic acids is 6. The van der Waals surface area contributed by atoms with Gasteiger partial charge in [-0.15, -0.1) is 30.6 Å². The number of nitrogens with zero attached hydrogens (tertiary/aromatic N) is 18. The van der Waals surface area contributed by atoms with Gasteiger partial charge in [-0.1, -0.05) is 142 Å². The lowest BCUT2D eigenvalue weighted by Gasteiger charge is -2.09.